The maximum Gasteiger partial charge on any atom is 0.389 e. The second-order valence-electron chi connectivity index (χ2n) is 3.66. The summed E-state index contributed by atoms with van der Waals surface area (Å²) in [5.74, 6) is -0.0909. The Bertz CT molecular complexity index is 322. The minimum atomic E-state index is -0.483. The summed E-state index contributed by atoms with van der Waals surface area (Å²) in [4.78, 5) is 9.87. The van der Waals surface area contributed by atoms with Crippen molar-refractivity contribution in [2.45, 2.75) is 32.9 Å². The van der Waals surface area contributed by atoms with Gasteiger partial charge in [-0.2, -0.15) is 4.68 Å². The average molecular weight is 212 g/mol. The molecule has 1 N–H and O–H groups in total. The molecule has 1 rings (SSSR count). The average Bonchev–Trinajstić information content (AvgIpc) is 2.60. The van der Waals surface area contributed by atoms with E-state index in [9.17, 15) is 10.1 Å². The van der Waals surface area contributed by atoms with E-state index in [0.29, 0.717) is 12.6 Å². The van der Waals surface area contributed by atoms with Crippen LogP contribution in [-0.4, -0.2) is 27.3 Å². The van der Waals surface area contributed by atoms with Crippen LogP contribution in [0.2, 0.25) is 0 Å². The first-order valence-electron chi connectivity index (χ1n) is 5.01. The molecule has 0 saturated carbocycles. The van der Waals surface area contributed by atoms with Crippen LogP contribution in [0.25, 0.3) is 0 Å². The molecule has 0 unspecified atom stereocenters. The molecular formula is C9H16N4O2. The summed E-state index contributed by atoms with van der Waals surface area (Å²) in [6.45, 7) is 5.76. The SMILES string of the molecule is CC(C)NCCCn1ccc([N+](=O)[O-])n1. The Hall–Kier alpha value is -1.43. The predicted octanol–water partition coefficient (Wildman–Crippen LogP) is 1.18. The lowest BCUT2D eigenvalue weighted by molar-refractivity contribution is -0.389. The van der Waals surface area contributed by atoms with Crippen LogP contribution in [0.4, 0.5) is 5.82 Å². The lowest BCUT2D eigenvalue weighted by Crippen LogP contribution is -2.24. The molecule has 0 saturated heterocycles. The number of nitrogens with one attached hydrogen (secondary N) is 1. The molecule has 0 aliphatic rings. The molecule has 0 fully saturated rings. The molecule has 1 aromatic heterocycles. The summed E-state index contributed by atoms with van der Waals surface area (Å²) in [5, 5.41) is 17.4. The second-order valence-corrected chi connectivity index (χ2v) is 3.66. The van der Waals surface area contributed by atoms with Crippen LogP contribution >= 0.6 is 0 Å². The van der Waals surface area contributed by atoms with Gasteiger partial charge in [0.2, 0.25) is 0 Å². The Morgan fingerprint density at radius 3 is 2.93 bits per heavy atom. The molecule has 15 heavy (non-hydrogen) atoms. The zero-order valence-corrected chi connectivity index (χ0v) is 9.01. The van der Waals surface area contributed by atoms with Crippen LogP contribution in [0.1, 0.15) is 20.3 Å². The van der Waals surface area contributed by atoms with E-state index in [-0.39, 0.29) is 5.82 Å². The monoisotopic (exact) mass is 212 g/mol. The third-order valence-corrected chi connectivity index (χ3v) is 1.93. The summed E-state index contributed by atoms with van der Waals surface area (Å²) in [6, 6.07) is 1.88. The van der Waals surface area contributed by atoms with Gasteiger partial charge in [0.1, 0.15) is 0 Å². The molecule has 0 aliphatic carbocycles. The summed E-state index contributed by atoms with van der Waals surface area (Å²) in [6.07, 6.45) is 2.55. The van der Waals surface area contributed by atoms with Crippen molar-refractivity contribution in [1.29, 1.82) is 0 Å². The summed E-state index contributed by atoms with van der Waals surface area (Å²) in [5.41, 5.74) is 0. The largest absolute Gasteiger partial charge is 0.389 e. The molecule has 0 amide bonds. The van der Waals surface area contributed by atoms with Gasteiger partial charge in [0.25, 0.3) is 0 Å². The molecule has 84 valence electrons. The van der Waals surface area contributed by atoms with E-state index in [2.05, 4.69) is 24.3 Å². The van der Waals surface area contributed by atoms with E-state index in [1.165, 1.54) is 6.07 Å². The van der Waals surface area contributed by atoms with Gasteiger partial charge in [0.15, 0.2) is 0 Å². The van der Waals surface area contributed by atoms with Gasteiger partial charge in [-0.15, -0.1) is 0 Å². The normalized spacial score (nSPS) is 10.9. The highest BCUT2D eigenvalue weighted by atomic mass is 16.6. The van der Waals surface area contributed by atoms with Gasteiger partial charge in [-0.3, -0.25) is 0 Å². The summed E-state index contributed by atoms with van der Waals surface area (Å²) >= 11 is 0. The topological polar surface area (TPSA) is 73.0 Å². The van der Waals surface area contributed by atoms with Crippen LogP contribution in [0.5, 0.6) is 0 Å². The quantitative estimate of drug-likeness (QED) is 0.436. The van der Waals surface area contributed by atoms with Crippen molar-refractivity contribution in [3.63, 3.8) is 0 Å². The Morgan fingerprint density at radius 1 is 1.67 bits per heavy atom. The van der Waals surface area contributed by atoms with Crippen molar-refractivity contribution in [2.75, 3.05) is 6.54 Å². The van der Waals surface area contributed by atoms with Gasteiger partial charge in [-0.25, -0.2) is 0 Å². The number of aromatic nitrogens is 2. The number of hydrogen-bond donors (Lipinski definition) is 1. The van der Waals surface area contributed by atoms with Crippen molar-refractivity contribution in [3.8, 4) is 0 Å². The number of aryl methyl sites for hydroxylation is 1. The highest BCUT2D eigenvalue weighted by molar-refractivity contribution is 5.13. The molecular weight excluding hydrogens is 196 g/mol. The maximum atomic E-state index is 10.4. The molecule has 1 heterocycles. The van der Waals surface area contributed by atoms with E-state index in [0.717, 1.165) is 13.0 Å². The van der Waals surface area contributed by atoms with Gasteiger partial charge in [-0.1, -0.05) is 13.8 Å². The minimum Gasteiger partial charge on any atom is -0.358 e. The third kappa shape index (κ3) is 4.07. The van der Waals surface area contributed by atoms with Crippen LogP contribution in [0.15, 0.2) is 12.3 Å². The second kappa shape index (κ2) is 5.45. The van der Waals surface area contributed by atoms with Crippen LogP contribution < -0.4 is 5.32 Å². The van der Waals surface area contributed by atoms with E-state index in [4.69, 9.17) is 0 Å². The first kappa shape index (κ1) is 11.6. The van der Waals surface area contributed by atoms with E-state index in [1.54, 1.807) is 10.9 Å². The molecule has 6 nitrogen and oxygen atoms in total. The standard InChI is InChI=1S/C9H16N4O2/c1-8(2)10-5-3-6-12-7-4-9(11-12)13(14)15/h4,7-8,10H,3,5-6H2,1-2H3. The highest BCUT2D eigenvalue weighted by Gasteiger charge is 2.09. The predicted molar refractivity (Wildman–Crippen MR) is 56.6 cm³/mol. The van der Waals surface area contributed by atoms with E-state index < -0.39 is 4.92 Å². The van der Waals surface area contributed by atoms with Gasteiger partial charge < -0.3 is 15.4 Å². The molecule has 0 aromatic carbocycles. The van der Waals surface area contributed by atoms with Crippen molar-refractivity contribution in [3.05, 3.63) is 22.4 Å². The lowest BCUT2D eigenvalue weighted by atomic mass is 10.3. The van der Waals surface area contributed by atoms with E-state index in [1.807, 2.05) is 0 Å². The first-order chi connectivity index (χ1) is 7.09. The lowest BCUT2D eigenvalue weighted by Gasteiger charge is -2.06. The van der Waals surface area contributed by atoms with Crippen LogP contribution in [-0.2, 0) is 6.54 Å². The van der Waals surface area contributed by atoms with Crippen LogP contribution in [0.3, 0.4) is 0 Å². The van der Waals surface area contributed by atoms with Crippen molar-refractivity contribution in [2.24, 2.45) is 0 Å². The van der Waals surface area contributed by atoms with Gasteiger partial charge in [-0.05, 0) is 17.9 Å². The van der Waals surface area contributed by atoms with Crippen LogP contribution in [0, 0.1) is 10.1 Å². The van der Waals surface area contributed by atoms with Gasteiger partial charge >= 0.3 is 5.82 Å². The van der Waals surface area contributed by atoms with Crippen molar-refractivity contribution < 1.29 is 4.92 Å². The van der Waals surface area contributed by atoms with Crippen molar-refractivity contribution in [1.82, 2.24) is 15.1 Å². The highest BCUT2D eigenvalue weighted by Crippen LogP contribution is 2.05. The maximum absolute atomic E-state index is 10.4. The zero-order chi connectivity index (χ0) is 11.3. The number of nitro groups is 1. The first-order valence-corrected chi connectivity index (χ1v) is 5.01. The number of hydrogen-bond acceptors (Lipinski definition) is 4. The smallest absolute Gasteiger partial charge is 0.358 e. The molecule has 0 bridgehead atoms. The molecule has 0 radical (unpaired) electrons. The molecule has 1 aromatic rings. The fourth-order valence-electron chi connectivity index (χ4n) is 1.20. The Balaban J connectivity index is 2.29. The Labute approximate surface area is 88.4 Å². The van der Waals surface area contributed by atoms with Gasteiger partial charge in [0, 0.05) is 6.04 Å². The third-order valence-electron chi connectivity index (χ3n) is 1.93. The molecule has 0 aliphatic heterocycles. The molecule has 0 atom stereocenters. The van der Waals surface area contributed by atoms with E-state index >= 15 is 0 Å². The Morgan fingerprint density at radius 2 is 2.40 bits per heavy atom. The number of rotatable bonds is 6. The van der Waals surface area contributed by atoms with Crippen molar-refractivity contribution >= 4 is 5.82 Å². The summed E-state index contributed by atoms with van der Waals surface area (Å²) in [7, 11) is 0. The van der Waals surface area contributed by atoms with Gasteiger partial charge in [0.05, 0.1) is 23.9 Å². The minimum absolute atomic E-state index is 0.0909. The number of nitrogens with zero attached hydrogens (tertiary/aromatic N) is 3. The fourth-order valence-corrected chi connectivity index (χ4v) is 1.20. The molecule has 6 heteroatoms. The molecule has 0 spiro atoms. The zero-order valence-electron chi connectivity index (χ0n) is 9.01. The fraction of sp³-hybridized carbons (Fsp3) is 0.667. The Kier molecular flexibility index (Phi) is 4.23. The summed E-state index contributed by atoms with van der Waals surface area (Å²) < 4.78 is 1.60.